The lowest BCUT2D eigenvalue weighted by molar-refractivity contribution is -0.114. The quantitative estimate of drug-likeness (QED) is 0.655. The summed E-state index contributed by atoms with van der Waals surface area (Å²) in [5.74, 6) is -0.141. The highest BCUT2D eigenvalue weighted by Gasteiger charge is 2.29. The summed E-state index contributed by atoms with van der Waals surface area (Å²) in [6, 6.07) is 4.25. The SMILES string of the molecule is CC(=O)Nc1sc2c(c1-c1nc3c(C)cc(C)cc3s1)CCN(C(=O)O)C2. The number of amides is 2. The molecule has 27 heavy (non-hydrogen) atoms. The first-order valence-corrected chi connectivity index (χ1v) is 10.2. The number of aryl methyl sites for hydroxylation is 2. The van der Waals surface area contributed by atoms with E-state index < -0.39 is 6.09 Å². The molecule has 1 aromatic carbocycles. The van der Waals surface area contributed by atoms with Crippen molar-refractivity contribution < 1.29 is 14.7 Å². The molecule has 1 aliphatic rings. The van der Waals surface area contributed by atoms with Crippen molar-refractivity contribution in [2.45, 2.75) is 33.7 Å². The van der Waals surface area contributed by atoms with Crippen LogP contribution in [0.3, 0.4) is 0 Å². The molecule has 0 atom stereocenters. The number of nitrogens with zero attached hydrogens (tertiary/aromatic N) is 2. The van der Waals surface area contributed by atoms with Crippen molar-refractivity contribution in [2.24, 2.45) is 0 Å². The normalized spacial score (nSPS) is 13.7. The fourth-order valence-electron chi connectivity index (χ4n) is 3.52. The average molecular weight is 402 g/mol. The molecule has 2 N–H and O–H groups in total. The van der Waals surface area contributed by atoms with E-state index in [1.54, 1.807) is 11.3 Å². The van der Waals surface area contributed by atoms with Crippen LogP contribution in [0.2, 0.25) is 0 Å². The highest BCUT2D eigenvalue weighted by molar-refractivity contribution is 7.23. The summed E-state index contributed by atoms with van der Waals surface area (Å²) in [6.45, 7) is 6.42. The predicted molar refractivity (Wildman–Crippen MR) is 109 cm³/mol. The zero-order valence-electron chi connectivity index (χ0n) is 15.3. The molecule has 0 spiro atoms. The van der Waals surface area contributed by atoms with Gasteiger partial charge in [0.1, 0.15) is 10.0 Å². The van der Waals surface area contributed by atoms with E-state index in [2.05, 4.69) is 31.3 Å². The van der Waals surface area contributed by atoms with Crippen molar-refractivity contribution in [2.75, 3.05) is 11.9 Å². The molecular weight excluding hydrogens is 382 g/mol. The van der Waals surface area contributed by atoms with Gasteiger partial charge in [-0.2, -0.15) is 0 Å². The molecule has 0 aliphatic carbocycles. The van der Waals surface area contributed by atoms with Crippen LogP contribution < -0.4 is 5.32 Å². The molecule has 2 aromatic heterocycles. The summed E-state index contributed by atoms with van der Waals surface area (Å²) in [5.41, 5.74) is 5.37. The van der Waals surface area contributed by atoms with Gasteiger partial charge in [0.2, 0.25) is 5.91 Å². The molecule has 140 valence electrons. The van der Waals surface area contributed by atoms with E-state index in [1.165, 1.54) is 28.7 Å². The molecule has 0 fully saturated rings. The third-order valence-corrected chi connectivity index (χ3v) is 6.81. The van der Waals surface area contributed by atoms with Crippen LogP contribution in [0.1, 0.15) is 28.5 Å². The van der Waals surface area contributed by atoms with Gasteiger partial charge in [-0.25, -0.2) is 9.78 Å². The summed E-state index contributed by atoms with van der Waals surface area (Å²) >= 11 is 3.07. The fourth-order valence-corrected chi connectivity index (χ4v) is 6.11. The van der Waals surface area contributed by atoms with Crippen molar-refractivity contribution in [1.82, 2.24) is 9.88 Å². The number of fused-ring (bicyclic) bond motifs is 2. The maximum absolute atomic E-state index is 11.7. The number of benzene rings is 1. The molecule has 3 aromatic rings. The van der Waals surface area contributed by atoms with Gasteiger partial charge >= 0.3 is 6.09 Å². The molecule has 2 amide bonds. The van der Waals surface area contributed by atoms with Gasteiger partial charge in [-0.05, 0) is 43.0 Å². The van der Waals surface area contributed by atoms with Crippen LogP contribution >= 0.6 is 22.7 Å². The Morgan fingerprint density at radius 2 is 2.04 bits per heavy atom. The second-order valence-corrected chi connectivity index (χ2v) is 8.93. The van der Waals surface area contributed by atoms with Crippen LogP contribution in [0, 0.1) is 13.8 Å². The minimum Gasteiger partial charge on any atom is -0.465 e. The van der Waals surface area contributed by atoms with Crippen molar-refractivity contribution >= 4 is 49.9 Å². The smallest absolute Gasteiger partial charge is 0.407 e. The molecule has 3 heterocycles. The van der Waals surface area contributed by atoms with Crippen LogP contribution in [0.4, 0.5) is 9.80 Å². The van der Waals surface area contributed by atoms with Crippen molar-refractivity contribution in [3.63, 3.8) is 0 Å². The molecule has 0 saturated heterocycles. The number of thiophene rings is 1. The van der Waals surface area contributed by atoms with Gasteiger partial charge in [0.15, 0.2) is 0 Å². The Labute approximate surface area is 164 Å². The van der Waals surface area contributed by atoms with Crippen molar-refractivity contribution in [1.29, 1.82) is 0 Å². The van der Waals surface area contributed by atoms with Crippen LogP contribution in [-0.4, -0.2) is 33.5 Å². The zero-order chi connectivity index (χ0) is 19.3. The van der Waals surface area contributed by atoms with Gasteiger partial charge < -0.3 is 15.3 Å². The number of hydrogen-bond acceptors (Lipinski definition) is 5. The summed E-state index contributed by atoms with van der Waals surface area (Å²) in [4.78, 5) is 30.3. The van der Waals surface area contributed by atoms with Gasteiger partial charge in [-0.15, -0.1) is 22.7 Å². The number of nitrogens with one attached hydrogen (secondary N) is 1. The summed E-state index contributed by atoms with van der Waals surface area (Å²) < 4.78 is 1.12. The molecule has 4 rings (SSSR count). The molecule has 0 bridgehead atoms. The number of carboxylic acid groups (broad SMARTS) is 1. The average Bonchev–Trinajstić information content (AvgIpc) is 3.13. The number of carbonyl (C=O) groups excluding carboxylic acids is 1. The van der Waals surface area contributed by atoms with Crippen molar-refractivity contribution in [3.05, 3.63) is 33.7 Å². The first-order valence-electron chi connectivity index (χ1n) is 8.61. The highest BCUT2D eigenvalue weighted by Crippen LogP contribution is 2.46. The Morgan fingerprint density at radius 3 is 2.74 bits per heavy atom. The second kappa shape index (κ2) is 6.61. The maximum atomic E-state index is 11.7. The summed E-state index contributed by atoms with van der Waals surface area (Å²) in [6.07, 6.45) is -0.288. The molecule has 6 nitrogen and oxygen atoms in total. The Bertz CT molecular complexity index is 1080. The van der Waals surface area contributed by atoms with Crippen LogP contribution in [0.5, 0.6) is 0 Å². The zero-order valence-corrected chi connectivity index (χ0v) is 16.9. The van der Waals surface area contributed by atoms with E-state index in [9.17, 15) is 14.7 Å². The van der Waals surface area contributed by atoms with Gasteiger partial charge in [0.25, 0.3) is 0 Å². The summed E-state index contributed by atoms with van der Waals surface area (Å²) in [5, 5.41) is 13.9. The van der Waals surface area contributed by atoms with Gasteiger partial charge in [0.05, 0.1) is 16.8 Å². The lowest BCUT2D eigenvalue weighted by atomic mass is 10.0. The number of thiazole rings is 1. The van der Waals surface area contributed by atoms with Gasteiger partial charge in [-0.3, -0.25) is 4.79 Å². The number of rotatable bonds is 2. The molecule has 0 unspecified atom stereocenters. The molecular formula is C19H19N3O3S2. The fraction of sp³-hybridized carbons (Fsp3) is 0.316. The lowest BCUT2D eigenvalue weighted by Crippen LogP contribution is -2.34. The Morgan fingerprint density at radius 1 is 1.26 bits per heavy atom. The maximum Gasteiger partial charge on any atom is 0.407 e. The van der Waals surface area contributed by atoms with E-state index in [0.29, 0.717) is 19.5 Å². The number of carbonyl (C=O) groups is 2. The molecule has 1 aliphatic heterocycles. The number of anilines is 1. The summed E-state index contributed by atoms with van der Waals surface area (Å²) in [7, 11) is 0. The first kappa shape index (κ1) is 17.9. The third-order valence-electron chi connectivity index (χ3n) is 4.66. The highest BCUT2D eigenvalue weighted by atomic mass is 32.1. The number of hydrogen-bond donors (Lipinski definition) is 2. The molecule has 8 heteroatoms. The van der Waals surface area contributed by atoms with E-state index in [-0.39, 0.29) is 5.91 Å². The number of aromatic nitrogens is 1. The van der Waals surface area contributed by atoms with Crippen LogP contribution in [0.15, 0.2) is 12.1 Å². The Balaban J connectivity index is 1.88. The molecule has 0 saturated carbocycles. The van der Waals surface area contributed by atoms with E-state index in [4.69, 9.17) is 4.98 Å². The largest absolute Gasteiger partial charge is 0.465 e. The van der Waals surface area contributed by atoms with E-state index in [1.807, 2.05) is 0 Å². The van der Waals surface area contributed by atoms with Gasteiger partial charge in [0, 0.05) is 23.9 Å². The minimum atomic E-state index is -0.914. The second-order valence-electron chi connectivity index (χ2n) is 6.79. The van der Waals surface area contributed by atoms with Crippen LogP contribution in [0.25, 0.3) is 20.8 Å². The Kier molecular flexibility index (Phi) is 4.39. The van der Waals surface area contributed by atoms with E-state index >= 15 is 0 Å². The predicted octanol–water partition coefficient (Wildman–Crippen LogP) is 4.64. The lowest BCUT2D eigenvalue weighted by Gasteiger charge is -2.24. The molecule has 0 radical (unpaired) electrons. The first-order chi connectivity index (χ1) is 12.8. The van der Waals surface area contributed by atoms with Gasteiger partial charge in [-0.1, -0.05) is 6.07 Å². The Hall–Kier alpha value is -2.45. The topological polar surface area (TPSA) is 82.5 Å². The standard InChI is InChI=1S/C19H19N3O3S2/c1-9-6-10(2)16-13(7-9)26-18(21-16)15-12-4-5-22(19(24)25)8-14(12)27-17(15)20-11(3)23/h6-7H,4-5,8H2,1-3H3,(H,20,23)(H,24,25). The minimum absolute atomic E-state index is 0.141. The van der Waals surface area contributed by atoms with E-state index in [0.717, 1.165) is 41.8 Å². The monoisotopic (exact) mass is 401 g/mol. The third kappa shape index (κ3) is 3.19. The van der Waals surface area contributed by atoms with Crippen LogP contribution in [-0.2, 0) is 17.8 Å². The van der Waals surface area contributed by atoms with Crippen molar-refractivity contribution in [3.8, 4) is 10.6 Å².